The van der Waals surface area contributed by atoms with Crippen LogP contribution in [0.2, 0.25) is 0 Å². The van der Waals surface area contributed by atoms with Crippen molar-refractivity contribution in [3.8, 4) is 11.1 Å². The van der Waals surface area contributed by atoms with Crippen LogP contribution in [0.3, 0.4) is 0 Å². The summed E-state index contributed by atoms with van der Waals surface area (Å²) in [6, 6.07) is 23.5. The largest absolute Gasteiger partial charge is 0.449 e. The average molecular weight is 1360 g/mol. The van der Waals surface area contributed by atoms with Crippen molar-refractivity contribution in [3.63, 3.8) is 0 Å². The number of carbonyl (C=O) groups excluding carboxylic acids is 7. The first-order valence-corrected chi connectivity index (χ1v) is 34.9. The van der Waals surface area contributed by atoms with Crippen LogP contribution in [0.15, 0.2) is 103 Å². The molecule has 1 spiro atoms. The fourth-order valence-corrected chi connectivity index (χ4v) is 16.5. The van der Waals surface area contributed by atoms with Crippen molar-refractivity contribution in [2.45, 2.75) is 212 Å². The number of fused-ring (bicyclic) bond motifs is 9. The standard InChI is InChI=1S/C73H92N6O19/c1-39-24-45-18-20-55-40(2)25-47(91-55)22-23-73-31-60-67(97-73)68-69(96-60)70(98-73)66-56(95-68)21-19-46(93-66)27-43(80)28-52-58(30-57(92-45)41(39)3)94-59(65(52)88-4)29-44(81)32-74-64(85)37-89-38-78-62(83)33-76-71(86)54(26-42-12-6-5-7-13-42)79-63(84)35-75-61(82)34-77-72(87)90-36-53-50-16-10-8-14-48(50)49-15-9-11-17-51(49)53/h5-17,39,44-47,52-60,65-70,81H,2-3,18-38H2,1,4H3,(H,74,85)(H,75,82)(H,76,86)(H,77,87)(H,78,83)(H,79,84)/t39-,44+,45+,46-,47+,52+,54+,55+,56+,57-,58+,59-,60-,65-,66+,67+,68?,69?,70+,73+/m1/s1. The zero-order chi connectivity index (χ0) is 68.2. The number of ketones is 1. The van der Waals surface area contributed by atoms with Gasteiger partial charge >= 0.3 is 6.09 Å². The lowest BCUT2D eigenvalue weighted by Gasteiger charge is -2.47. The number of aliphatic hydroxyl groups is 1. The minimum absolute atomic E-state index is 0.0108. The smallest absolute Gasteiger partial charge is 0.407 e. The van der Waals surface area contributed by atoms with Gasteiger partial charge in [0.15, 0.2) is 5.79 Å². The molecule has 0 saturated carbocycles. The van der Waals surface area contributed by atoms with Gasteiger partial charge in [-0.3, -0.25) is 28.8 Å². The molecule has 0 radical (unpaired) electrons. The molecule has 1 aliphatic carbocycles. The summed E-state index contributed by atoms with van der Waals surface area (Å²) < 4.78 is 71.7. The number of Topliss-reactive ketones (excluding diaryl/α,β-unsaturated/α-hetero) is 1. The van der Waals surface area contributed by atoms with E-state index in [1.807, 2.05) is 48.5 Å². The second-order valence-electron chi connectivity index (χ2n) is 28.1. The van der Waals surface area contributed by atoms with E-state index in [0.717, 1.165) is 65.5 Å². The van der Waals surface area contributed by atoms with Gasteiger partial charge in [0.05, 0.1) is 80.2 Å². The molecule has 2 unspecified atom stereocenters. The second-order valence-corrected chi connectivity index (χ2v) is 28.1. The number of aliphatic hydroxyl groups excluding tert-OH is 1. The first-order chi connectivity index (χ1) is 47.4. The highest BCUT2D eigenvalue weighted by Gasteiger charge is 2.69. The van der Waals surface area contributed by atoms with E-state index >= 15 is 0 Å². The van der Waals surface area contributed by atoms with Crippen molar-refractivity contribution in [1.82, 2.24) is 31.9 Å². The van der Waals surface area contributed by atoms with E-state index in [-0.39, 0.29) is 117 Å². The van der Waals surface area contributed by atoms with Gasteiger partial charge < -0.3 is 89.1 Å². The molecule has 3 aromatic carbocycles. The quantitative estimate of drug-likeness (QED) is 0.0447. The average Bonchev–Trinajstić information content (AvgIpc) is 1.56. The maximum absolute atomic E-state index is 14.5. The number of nitrogens with one attached hydrogen (secondary N) is 6. The SMILES string of the molecule is C=C1C[C@@H]2CC[C@@]34C[C@H]5OC6C(O[C@H]7CC[C@H](CC(=O)C[C@@H]8[C@@H](OC)[C@@H](C[C@H](O)CNC(=O)COCNC(=O)CNC(=O)[C@H](Cc9ccccc9)NC(=O)CNC(=O)CNC(=O)OCC9c%10ccccc%10-c%10ccccc%109)O[C@H]8C[C@H]8O[C@@H](CC[C@@H]1O2)C[C@@H](C)C8=C)O[C@@H]7[C@@H]6O3)[C@H]5O4. The van der Waals surface area contributed by atoms with Gasteiger partial charge in [-0.25, -0.2) is 4.79 Å². The Kier molecular flexibility index (Phi) is 21.9. The van der Waals surface area contributed by atoms with E-state index in [1.54, 1.807) is 37.4 Å². The first kappa shape index (κ1) is 69.5. The Morgan fingerprint density at radius 3 is 2.11 bits per heavy atom. The number of amides is 6. The summed E-state index contributed by atoms with van der Waals surface area (Å²) >= 11 is 0. The van der Waals surface area contributed by atoms with Crippen molar-refractivity contribution in [2.75, 3.05) is 53.2 Å². The maximum atomic E-state index is 14.5. The van der Waals surface area contributed by atoms with Gasteiger partial charge in [-0.05, 0) is 89.8 Å². The van der Waals surface area contributed by atoms with Gasteiger partial charge in [0.25, 0.3) is 0 Å². The Bertz CT molecular complexity index is 3390. The van der Waals surface area contributed by atoms with E-state index < -0.39 is 123 Å². The van der Waals surface area contributed by atoms with Crippen molar-refractivity contribution in [3.05, 3.63) is 120 Å². The van der Waals surface area contributed by atoms with Crippen molar-refractivity contribution in [2.24, 2.45) is 11.8 Å². The summed E-state index contributed by atoms with van der Waals surface area (Å²) in [6.07, 6.45) is 0.440. The Hall–Kier alpha value is -7.01. The van der Waals surface area contributed by atoms with Crippen LogP contribution in [0, 0.1) is 11.8 Å². The van der Waals surface area contributed by atoms with Crippen LogP contribution in [-0.4, -0.2) is 209 Å². The third-order valence-corrected chi connectivity index (χ3v) is 21.4. The molecule has 25 nitrogen and oxygen atoms in total. The van der Waals surface area contributed by atoms with E-state index in [1.165, 1.54) is 0 Å². The lowest BCUT2D eigenvalue weighted by molar-refractivity contribution is -0.292. The molecule has 10 saturated heterocycles. The van der Waals surface area contributed by atoms with Crippen molar-refractivity contribution < 1.29 is 90.8 Å². The number of methoxy groups -OCH3 is 1. The number of hydrogen-bond donors (Lipinski definition) is 7. The van der Waals surface area contributed by atoms with Crippen molar-refractivity contribution in [1.29, 1.82) is 0 Å². The van der Waals surface area contributed by atoms with E-state index in [2.05, 4.69) is 52.0 Å². The summed E-state index contributed by atoms with van der Waals surface area (Å²) in [5.74, 6) is -4.61. The van der Waals surface area contributed by atoms with Gasteiger partial charge in [-0.2, -0.15) is 0 Å². The van der Waals surface area contributed by atoms with Crippen LogP contribution in [0.5, 0.6) is 0 Å². The third kappa shape index (κ3) is 15.9. The molecule has 25 heteroatoms. The van der Waals surface area contributed by atoms with Crippen molar-refractivity contribution >= 4 is 41.4 Å². The van der Waals surface area contributed by atoms with Crippen LogP contribution >= 0.6 is 0 Å². The van der Waals surface area contributed by atoms with Gasteiger partial charge in [-0.1, -0.05) is 98.9 Å². The molecule has 98 heavy (non-hydrogen) atoms. The van der Waals surface area contributed by atoms with E-state index in [9.17, 15) is 38.7 Å². The predicted octanol–water partition coefficient (Wildman–Crippen LogP) is 4.18. The zero-order valence-electron chi connectivity index (χ0n) is 55.6. The molecule has 11 aliphatic rings. The zero-order valence-corrected chi connectivity index (χ0v) is 55.6. The minimum Gasteiger partial charge on any atom is -0.449 e. The molecule has 0 aromatic heterocycles. The molecule has 14 rings (SSSR count). The van der Waals surface area contributed by atoms with Gasteiger partial charge in [-0.15, -0.1) is 0 Å². The number of carbonyl (C=O) groups is 7. The highest BCUT2D eigenvalue weighted by molar-refractivity contribution is 5.92. The molecule has 12 bridgehead atoms. The van der Waals surface area contributed by atoms with E-state index in [4.69, 9.17) is 52.1 Å². The van der Waals surface area contributed by atoms with Crippen LogP contribution in [-0.2, 0) is 87.3 Å². The molecule has 10 fully saturated rings. The van der Waals surface area contributed by atoms with E-state index in [0.29, 0.717) is 37.7 Å². The summed E-state index contributed by atoms with van der Waals surface area (Å²) in [5.41, 5.74) is 6.96. The number of ether oxygens (including phenoxy) is 11. The third-order valence-electron chi connectivity index (χ3n) is 21.4. The molecule has 6 amide bonds. The maximum Gasteiger partial charge on any atom is 0.407 e. The van der Waals surface area contributed by atoms with Gasteiger partial charge in [0, 0.05) is 70.4 Å². The second kappa shape index (κ2) is 30.8. The van der Waals surface area contributed by atoms with Gasteiger partial charge in [0.1, 0.15) is 68.8 Å². The van der Waals surface area contributed by atoms with Crippen LogP contribution < -0.4 is 31.9 Å². The molecule has 7 N–H and O–H groups in total. The molecule has 10 heterocycles. The molecule has 528 valence electrons. The molecule has 10 aliphatic heterocycles. The highest BCUT2D eigenvalue weighted by Crippen LogP contribution is 2.55. The number of rotatable bonds is 21. The fraction of sp³-hybridized carbons (Fsp3) is 0.603. The molecule has 3 aromatic rings. The van der Waals surface area contributed by atoms with Crippen LogP contribution in [0.1, 0.15) is 113 Å². The van der Waals surface area contributed by atoms with Crippen LogP contribution in [0.4, 0.5) is 4.79 Å². The molecular weight excluding hydrogens is 1260 g/mol. The molecule has 20 atom stereocenters. The fourth-order valence-electron chi connectivity index (χ4n) is 16.5. The number of alkyl carbamates (subject to hydrolysis) is 1. The molecular formula is C73H92N6O19. The van der Waals surface area contributed by atoms with Crippen LogP contribution in [0.25, 0.3) is 11.1 Å². The summed E-state index contributed by atoms with van der Waals surface area (Å²) in [4.78, 5) is 92.5. The Labute approximate surface area is 570 Å². The number of benzene rings is 3. The normalized spacial score (nSPS) is 33.6. The summed E-state index contributed by atoms with van der Waals surface area (Å²) in [6.45, 7) is 8.63. The van der Waals surface area contributed by atoms with Gasteiger partial charge in [0.2, 0.25) is 29.5 Å². The predicted molar refractivity (Wildman–Crippen MR) is 350 cm³/mol. The highest BCUT2D eigenvalue weighted by atomic mass is 16.8. The Balaban J connectivity index is 0.557. The lowest BCUT2D eigenvalue weighted by atomic mass is 9.81. The topological polar surface area (TPSA) is 313 Å². The minimum atomic E-state index is -1.16. The monoisotopic (exact) mass is 1360 g/mol. The Morgan fingerprint density at radius 1 is 0.643 bits per heavy atom. The summed E-state index contributed by atoms with van der Waals surface area (Å²) in [7, 11) is 1.57. The summed E-state index contributed by atoms with van der Waals surface area (Å²) in [5, 5.41) is 26.6. The lowest BCUT2D eigenvalue weighted by Crippen LogP contribution is -2.61. The Morgan fingerprint density at radius 2 is 1.33 bits per heavy atom. The number of hydrogen-bond acceptors (Lipinski definition) is 19. The first-order valence-electron chi connectivity index (χ1n) is 34.9.